The van der Waals surface area contributed by atoms with E-state index in [0.717, 1.165) is 36.5 Å². The van der Waals surface area contributed by atoms with Gasteiger partial charge in [-0.3, -0.25) is 0 Å². The molecule has 0 radical (unpaired) electrons. The smallest absolute Gasteiger partial charge is 0.123 e. The van der Waals surface area contributed by atoms with Crippen LogP contribution in [-0.4, -0.2) is 23.1 Å². The second kappa shape index (κ2) is 6.09. The van der Waals surface area contributed by atoms with Crippen molar-refractivity contribution in [1.29, 1.82) is 0 Å². The lowest BCUT2D eigenvalue weighted by Crippen LogP contribution is -2.31. The van der Waals surface area contributed by atoms with Gasteiger partial charge in [0, 0.05) is 11.3 Å². The zero-order valence-corrected chi connectivity index (χ0v) is 11.3. The molecule has 0 saturated carbocycles. The maximum Gasteiger partial charge on any atom is 0.123 e. The minimum Gasteiger partial charge on any atom is -0.316 e. The molecule has 1 saturated heterocycles. The van der Waals surface area contributed by atoms with E-state index in [-0.39, 0.29) is 5.82 Å². The Morgan fingerprint density at radius 2 is 2.05 bits per heavy atom. The fraction of sp³-hybridized carbons (Fsp3) is 0.375. The zero-order valence-electron chi connectivity index (χ0n) is 11.3. The summed E-state index contributed by atoms with van der Waals surface area (Å²) in [6, 6.07) is 8.44. The molecule has 104 valence electrons. The van der Waals surface area contributed by atoms with Gasteiger partial charge in [0.25, 0.3) is 0 Å². The van der Waals surface area contributed by atoms with Crippen molar-refractivity contribution < 1.29 is 4.39 Å². The molecule has 0 amide bonds. The van der Waals surface area contributed by atoms with Gasteiger partial charge < -0.3 is 5.32 Å². The number of nitrogens with one attached hydrogen (secondary N) is 1. The molecule has 0 bridgehead atoms. The quantitative estimate of drug-likeness (QED) is 0.932. The fourth-order valence-corrected chi connectivity index (χ4v) is 2.68. The first-order chi connectivity index (χ1) is 9.81. The Hall–Kier alpha value is -1.81. The average molecular weight is 271 g/mol. The van der Waals surface area contributed by atoms with Gasteiger partial charge in [0.05, 0.1) is 5.69 Å². The Bertz CT molecular complexity index is 562. The number of benzene rings is 1. The van der Waals surface area contributed by atoms with Crippen molar-refractivity contribution in [3.05, 3.63) is 48.2 Å². The minimum atomic E-state index is -0.226. The van der Waals surface area contributed by atoms with E-state index >= 15 is 0 Å². The SMILES string of the molecule is Fc1ccc(-c2cc(CC3CCCNC3)ncn2)cc1. The number of nitrogens with zero attached hydrogens (tertiary/aromatic N) is 2. The monoisotopic (exact) mass is 271 g/mol. The molecule has 3 rings (SSSR count). The number of rotatable bonds is 3. The molecule has 0 spiro atoms. The maximum atomic E-state index is 13.0. The minimum absolute atomic E-state index is 0.226. The third-order valence-electron chi connectivity index (χ3n) is 3.76. The Morgan fingerprint density at radius 3 is 2.80 bits per heavy atom. The Labute approximate surface area is 118 Å². The van der Waals surface area contributed by atoms with Crippen LogP contribution in [0.25, 0.3) is 11.3 Å². The molecule has 20 heavy (non-hydrogen) atoms. The van der Waals surface area contributed by atoms with E-state index in [1.165, 1.54) is 25.0 Å². The maximum absolute atomic E-state index is 13.0. The predicted molar refractivity (Wildman–Crippen MR) is 76.7 cm³/mol. The van der Waals surface area contributed by atoms with Crippen LogP contribution in [0, 0.1) is 11.7 Å². The molecule has 1 aromatic carbocycles. The van der Waals surface area contributed by atoms with Gasteiger partial charge >= 0.3 is 0 Å². The summed E-state index contributed by atoms with van der Waals surface area (Å²) in [5.41, 5.74) is 2.85. The summed E-state index contributed by atoms with van der Waals surface area (Å²) in [5.74, 6) is 0.427. The van der Waals surface area contributed by atoms with Crippen molar-refractivity contribution in [2.24, 2.45) is 5.92 Å². The highest BCUT2D eigenvalue weighted by molar-refractivity contribution is 5.58. The van der Waals surface area contributed by atoms with Gasteiger partial charge in [0.15, 0.2) is 0 Å². The first-order valence-corrected chi connectivity index (χ1v) is 7.09. The lowest BCUT2D eigenvalue weighted by atomic mass is 9.94. The van der Waals surface area contributed by atoms with Gasteiger partial charge in [-0.05, 0) is 68.6 Å². The largest absolute Gasteiger partial charge is 0.316 e. The van der Waals surface area contributed by atoms with Gasteiger partial charge in [-0.15, -0.1) is 0 Å². The van der Waals surface area contributed by atoms with Gasteiger partial charge in [0.2, 0.25) is 0 Å². The molecular formula is C16H18FN3. The van der Waals surface area contributed by atoms with Gasteiger partial charge in [-0.1, -0.05) is 0 Å². The normalized spacial score (nSPS) is 18.9. The first kappa shape index (κ1) is 13.2. The standard InChI is InChI=1S/C16H18FN3/c17-14-5-3-13(4-6-14)16-9-15(19-11-20-16)8-12-2-1-7-18-10-12/h3-6,9,11-12,18H,1-2,7-8,10H2. The molecule has 4 heteroatoms. The molecule has 1 atom stereocenters. The summed E-state index contributed by atoms with van der Waals surface area (Å²) < 4.78 is 13.0. The highest BCUT2D eigenvalue weighted by Crippen LogP contribution is 2.20. The summed E-state index contributed by atoms with van der Waals surface area (Å²) in [7, 11) is 0. The van der Waals surface area contributed by atoms with Crippen LogP contribution in [0.4, 0.5) is 4.39 Å². The first-order valence-electron chi connectivity index (χ1n) is 7.09. The summed E-state index contributed by atoms with van der Waals surface area (Å²) in [6.07, 6.45) is 5.07. The number of hydrogen-bond donors (Lipinski definition) is 1. The van der Waals surface area contributed by atoms with E-state index in [1.807, 2.05) is 6.07 Å². The Balaban J connectivity index is 1.76. The van der Waals surface area contributed by atoms with Gasteiger partial charge in [-0.2, -0.15) is 0 Å². The van der Waals surface area contributed by atoms with Crippen molar-refractivity contribution in [1.82, 2.24) is 15.3 Å². The molecular weight excluding hydrogens is 253 g/mol. The summed E-state index contributed by atoms with van der Waals surface area (Å²) in [5, 5.41) is 3.42. The molecule has 0 aliphatic carbocycles. The molecule has 1 aliphatic heterocycles. The molecule has 1 N–H and O–H groups in total. The number of piperidine rings is 1. The highest BCUT2D eigenvalue weighted by atomic mass is 19.1. The molecule has 1 unspecified atom stereocenters. The third kappa shape index (κ3) is 3.20. The molecule has 1 aromatic heterocycles. The van der Waals surface area contributed by atoms with E-state index in [9.17, 15) is 4.39 Å². The van der Waals surface area contributed by atoms with Crippen molar-refractivity contribution >= 4 is 0 Å². The summed E-state index contributed by atoms with van der Waals surface area (Å²) >= 11 is 0. The van der Waals surface area contributed by atoms with E-state index < -0.39 is 0 Å². The van der Waals surface area contributed by atoms with Crippen LogP contribution in [0.3, 0.4) is 0 Å². The van der Waals surface area contributed by atoms with Crippen molar-refractivity contribution in [2.45, 2.75) is 19.3 Å². The summed E-state index contributed by atoms with van der Waals surface area (Å²) in [6.45, 7) is 2.19. The lowest BCUT2D eigenvalue weighted by Gasteiger charge is -2.22. The molecule has 1 aliphatic rings. The van der Waals surface area contributed by atoms with Crippen LogP contribution in [0.1, 0.15) is 18.5 Å². The van der Waals surface area contributed by atoms with Crippen LogP contribution in [-0.2, 0) is 6.42 Å². The fourth-order valence-electron chi connectivity index (χ4n) is 2.68. The van der Waals surface area contributed by atoms with Crippen LogP contribution in [0.15, 0.2) is 36.7 Å². The van der Waals surface area contributed by atoms with Crippen LogP contribution in [0.2, 0.25) is 0 Å². The second-order valence-corrected chi connectivity index (χ2v) is 5.32. The van der Waals surface area contributed by atoms with Gasteiger partial charge in [0.1, 0.15) is 12.1 Å². The molecule has 3 nitrogen and oxygen atoms in total. The lowest BCUT2D eigenvalue weighted by molar-refractivity contribution is 0.373. The van der Waals surface area contributed by atoms with Crippen LogP contribution >= 0.6 is 0 Å². The summed E-state index contributed by atoms with van der Waals surface area (Å²) in [4.78, 5) is 8.65. The van der Waals surface area contributed by atoms with E-state index in [4.69, 9.17) is 0 Å². The Morgan fingerprint density at radius 1 is 1.20 bits per heavy atom. The average Bonchev–Trinajstić information content (AvgIpc) is 2.49. The zero-order chi connectivity index (χ0) is 13.8. The highest BCUT2D eigenvalue weighted by Gasteiger charge is 2.14. The second-order valence-electron chi connectivity index (χ2n) is 5.32. The van der Waals surface area contributed by atoms with Gasteiger partial charge in [-0.25, -0.2) is 14.4 Å². The van der Waals surface area contributed by atoms with Crippen LogP contribution in [0.5, 0.6) is 0 Å². The molecule has 2 heterocycles. The van der Waals surface area contributed by atoms with E-state index in [1.54, 1.807) is 18.5 Å². The van der Waals surface area contributed by atoms with Crippen molar-refractivity contribution in [3.8, 4) is 11.3 Å². The van der Waals surface area contributed by atoms with E-state index in [0.29, 0.717) is 5.92 Å². The topological polar surface area (TPSA) is 37.8 Å². The van der Waals surface area contributed by atoms with E-state index in [2.05, 4.69) is 15.3 Å². The number of hydrogen-bond acceptors (Lipinski definition) is 3. The molecule has 1 fully saturated rings. The number of halogens is 1. The predicted octanol–water partition coefficient (Wildman–Crippen LogP) is 2.82. The van der Waals surface area contributed by atoms with Crippen molar-refractivity contribution in [2.75, 3.05) is 13.1 Å². The third-order valence-corrected chi connectivity index (χ3v) is 3.76. The molecule has 2 aromatic rings. The van der Waals surface area contributed by atoms with Crippen molar-refractivity contribution in [3.63, 3.8) is 0 Å². The Kier molecular flexibility index (Phi) is 4.02. The van der Waals surface area contributed by atoms with Crippen LogP contribution < -0.4 is 5.32 Å². The number of aromatic nitrogens is 2.